The molecule has 3 N–H and O–H groups in total. The Kier molecular flexibility index (Phi) is 5.28. The topological polar surface area (TPSA) is 90.4 Å². The largest absolute Gasteiger partial charge is 0.393 e. The summed E-state index contributed by atoms with van der Waals surface area (Å²) in [4.78, 5) is 15.5. The quantitative estimate of drug-likeness (QED) is 0.553. The third-order valence-corrected chi connectivity index (χ3v) is 3.33. The average Bonchev–Trinajstić information content (AvgIpc) is 2.87. The molecule has 0 amide bonds. The van der Waals surface area contributed by atoms with Crippen LogP contribution in [0.1, 0.15) is 11.8 Å². The van der Waals surface area contributed by atoms with Gasteiger partial charge < -0.3 is 15.6 Å². The van der Waals surface area contributed by atoms with Crippen molar-refractivity contribution in [1.29, 1.82) is 0 Å². The summed E-state index contributed by atoms with van der Waals surface area (Å²) in [5, 5.41) is 9.17. The van der Waals surface area contributed by atoms with Crippen LogP contribution >= 0.6 is 22.6 Å². The molecule has 2 unspecified atom stereocenters. The van der Waals surface area contributed by atoms with Crippen molar-refractivity contribution in [3.8, 4) is 9.85 Å². The number of nitrogen functional groups attached to an aromatic ring is 1. The normalized spacial score (nSPS) is 24.5. The maximum Gasteiger partial charge on any atom is 0.351 e. The van der Waals surface area contributed by atoms with Crippen LogP contribution in [0.3, 0.4) is 0 Å². The van der Waals surface area contributed by atoms with Gasteiger partial charge in [0.25, 0.3) is 0 Å². The summed E-state index contributed by atoms with van der Waals surface area (Å²) in [6.07, 6.45) is -0.841. The predicted octanol–water partition coefficient (Wildman–Crippen LogP) is 1.17. The Balaban J connectivity index is 2.58. The van der Waals surface area contributed by atoms with E-state index < -0.39 is 24.6 Å². The molecule has 1 saturated heterocycles. The van der Waals surface area contributed by atoms with E-state index in [-0.39, 0.29) is 35.2 Å². The minimum atomic E-state index is -1.26. The Hall–Kier alpha value is -1.77. The van der Waals surface area contributed by atoms with Crippen LogP contribution in [0.2, 0.25) is 0 Å². The fourth-order valence-electron chi connectivity index (χ4n) is 2.03. The van der Waals surface area contributed by atoms with E-state index in [2.05, 4.69) is 14.8 Å². The van der Waals surface area contributed by atoms with Crippen molar-refractivity contribution in [3.63, 3.8) is 0 Å². The number of anilines is 1. The lowest BCUT2D eigenvalue weighted by atomic mass is 10.1. The van der Waals surface area contributed by atoms with Crippen LogP contribution in [0, 0.1) is 9.85 Å². The van der Waals surface area contributed by atoms with E-state index in [0.717, 1.165) is 4.57 Å². The molecule has 1 aliphatic heterocycles. The fraction of sp³-hybridized carbons (Fsp3) is 0.231. The monoisotopic (exact) mass is 421 g/mol. The second-order valence-corrected chi connectivity index (χ2v) is 4.78. The van der Waals surface area contributed by atoms with E-state index in [9.17, 15) is 13.6 Å². The summed E-state index contributed by atoms with van der Waals surface area (Å²) in [7, 11) is 0. The zero-order valence-corrected chi connectivity index (χ0v) is 13.1. The molecule has 0 radical (unpaired) electrons. The molecule has 6 nitrogen and oxygen atoms in total. The Bertz CT molecular complexity index is 764. The predicted molar refractivity (Wildman–Crippen MR) is 83.2 cm³/mol. The molecular formula is C13H10F2IN3O3. The first-order valence-electron chi connectivity index (χ1n) is 5.94. The van der Waals surface area contributed by atoms with Gasteiger partial charge in [-0.3, -0.25) is 4.57 Å². The van der Waals surface area contributed by atoms with Crippen LogP contribution in [-0.4, -0.2) is 27.4 Å². The molecule has 116 valence electrons. The van der Waals surface area contributed by atoms with Gasteiger partial charge in [-0.15, -0.1) is 0 Å². The molecule has 0 spiro atoms. The van der Waals surface area contributed by atoms with Gasteiger partial charge in [0.15, 0.2) is 6.23 Å². The Morgan fingerprint density at radius 2 is 2.18 bits per heavy atom. The Morgan fingerprint density at radius 3 is 2.73 bits per heavy atom. The van der Waals surface area contributed by atoms with Crippen LogP contribution in [0.15, 0.2) is 34.8 Å². The second-order valence-electron chi connectivity index (χ2n) is 4.24. The fourth-order valence-corrected chi connectivity index (χ4v) is 2.32. The molecule has 0 aliphatic carbocycles. The maximum absolute atomic E-state index is 13.1. The highest BCUT2D eigenvalue weighted by Gasteiger charge is 2.37. The van der Waals surface area contributed by atoms with Gasteiger partial charge in [0.05, 0.1) is 24.8 Å². The van der Waals surface area contributed by atoms with Crippen LogP contribution in [0.5, 0.6) is 0 Å². The highest BCUT2D eigenvalue weighted by molar-refractivity contribution is 14.1. The molecule has 0 saturated carbocycles. The molecule has 1 aliphatic rings. The van der Waals surface area contributed by atoms with Crippen molar-refractivity contribution in [2.75, 3.05) is 12.3 Å². The first kappa shape index (κ1) is 16.6. The molecule has 22 heavy (non-hydrogen) atoms. The molecule has 2 rings (SSSR count). The number of nitrogens with zero attached hydrogens (tertiary/aromatic N) is 2. The van der Waals surface area contributed by atoms with Crippen molar-refractivity contribution in [2.45, 2.75) is 12.3 Å². The molecule has 0 bridgehead atoms. The van der Waals surface area contributed by atoms with E-state index in [4.69, 9.17) is 15.6 Å². The first-order chi connectivity index (χ1) is 10.6. The summed E-state index contributed by atoms with van der Waals surface area (Å²) in [6.45, 7) is -0.568. The number of rotatable bonds is 2. The average molecular weight is 421 g/mol. The van der Waals surface area contributed by atoms with Gasteiger partial charge in [0, 0.05) is 39.9 Å². The highest BCUT2D eigenvalue weighted by Crippen LogP contribution is 2.38. The summed E-state index contributed by atoms with van der Waals surface area (Å²) >= 11 is 1.78. The number of nitrogens with two attached hydrogens (primary N) is 1. The van der Waals surface area contributed by atoms with Crippen molar-refractivity contribution >= 4 is 28.4 Å². The molecular weight excluding hydrogens is 411 g/mol. The zero-order valence-electron chi connectivity index (χ0n) is 11.0. The number of ether oxygens (including phenoxy) is 1. The summed E-state index contributed by atoms with van der Waals surface area (Å²) in [6, 6.07) is 0. The van der Waals surface area contributed by atoms with Crippen LogP contribution in [0.25, 0.3) is 0 Å². The van der Waals surface area contributed by atoms with Gasteiger partial charge in [0.1, 0.15) is 11.9 Å². The van der Waals surface area contributed by atoms with Crippen molar-refractivity contribution in [3.05, 3.63) is 46.1 Å². The van der Waals surface area contributed by atoms with Gasteiger partial charge in [-0.2, -0.15) is 4.98 Å². The van der Waals surface area contributed by atoms with E-state index in [1.54, 1.807) is 22.6 Å². The molecule has 2 heterocycles. The molecule has 0 aromatic carbocycles. The highest BCUT2D eigenvalue weighted by atomic mass is 127. The Labute approximate surface area is 137 Å². The molecule has 1 fully saturated rings. The summed E-state index contributed by atoms with van der Waals surface area (Å²) < 4.78 is 34.9. The number of hydrogen-bond acceptors (Lipinski definition) is 5. The van der Waals surface area contributed by atoms with E-state index >= 15 is 0 Å². The summed E-state index contributed by atoms with van der Waals surface area (Å²) in [5.41, 5.74) is 4.62. The maximum atomic E-state index is 13.1. The minimum Gasteiger partial charge on any atom is -0.393 e. The van der Waals surface area contributed by atoms with Crippen LogP contribution in [-0.2, 0) is 4.74 Å². The van der Waals surface area contributed by atoms with Gasteiger partial charge in [-0.05, 0) is 3.93 Å². The van der Waals surface area contributed by atoms with Crippen molar-refractivity contribution in [2.24, 2.45) is 0 Å². The lowest BCUT2D eigenvalue weighted by molar-refractivity contribution is -0.00861. The van der Waals surface area contributed by atoms with E-state index in [0.29, 0.717) is 0 Å². The second kappa shape index (κ2) is 6.99. The standard InChI is InChI=1S/C13H10F2IN3O3/c14-3-8-9(4-15)12(22-10(8)6-20)19-5-7(1-2-16)11(17)18-13(19)21/h3-5,10,12,20H,6H2,(H2,17,18,21)/b8-3+,9-4+. The third kappa shape index (κ3) is 2.90. The van der Waals surface area contributed by atoms with Gasteiger partial charge in [-0.25, -0.2) is 13.6 Å². The molecule has 2 atom stereocenters. The molecule has 1 aromatic rings. The van der Waals surface area contributed by atoms with Crippen molar-refractivity contribution in [1.82, 2.24) is 9.55 Å². The SMILES string of the molecule is Nc1nc(=O)n(C2OC(CO)C(=C/F)/C2=C\F)cc1C#CI. The van der Waals surface area contributed by atoms with Crippen LogP contribution in [0.4, 0.5) is 14.6 Å². The molecule has 9 heteroatoms. The smallest absolute Gasteiger partial charge is 0.351 e. The number of hydrogen-bond donors (Lipinski definition) is 2. The lowest BCUT2D eigenvalue weighted by Crippen LogP contribution is -2.29. The van der Waals surface area contributed by atoms with E-state index in [1.807, 2.05) is 0 Å². The first-order valence-corrected chi connectivity index (χ1v) is 7.02. The number of aliphatic hydroxyl groups excluding tert-OH is 1. The number of aliphatic hydroxyl groups is 1. The molecule has 1 aromatic heterocycles. The lowest BCUT2D eigenvalue weighted by Gasteiger charge is -2.15. The van der Waals surface area contributed by atoms with Crippen LogP contribution < -0.4 is 11.4 Å². The minimum absolute atomic E-state index is 0.0749. The zero-order chi connectivity index (χ0) is 16.3. The van der Waals surface area contributed by atoms with Gasteiger partial charge in [0.2, 0.25) is 0 Å². The number of halogens is 3. The Morgan fingerprint density at radius 1 is 1.50 bits per heavy atom. The summed E-state index contributed by atoms with van der Waals surface area (Å²) in [5.74, 6) is 2.56. The van der Waals surface area contributed by atoms with E-state index in [1.165, 1.54) is 6.20 Å². The van der Waals surface area contributed by atoms with Gasteiger partial charge >= 0.3 is 5.69 Å². The third-order valence-electron chi connectivity index (χ3n) is 3.06. The number of aromatic nitrogens is 2. The van der Waals surface area contributed by atoms with Gasteiger partial charge in [-0.1, -0.05) is 5.92 Å². The van der Waals surface area contributed by atoms with Crippen molar-refractivity contribution < 1.29 is 18.6 Å².